The Morgan fingerprint density at radius 3 is 2.23 bits per heavy atom. The van der Waals surface area contributed by atoms with Crippen LogP contribution in [-0.4, -0.2) is 55.2 Å². The standard InChI is InChI=1S/C21H18F6N4O4/c22-14-3-4-17(16(24)10-14)31(20(34)30-5-7-35-8-6-30)11-13-2-1-12(9-15(13)23)18(32)28-29-19(33)21(25,26)27/h1-4,9-10H,5-8,11H2,(H,28,32)(H,29,33). The molecule has 2 N–H and O–H groups in total. The molecule has 2 aromatic rings. The summed E-state index contributed by atoms with van der Waals surface area (Å²) in [5.74, 6) is -6.66. The van der Waals surface area contributed by atoms with E-state index in [1.54, 1.807) is 0 Å². The van der Waals surface area contributed by atoms with E-state index in [2.05, 4.69) is 0 Å². The van der Waals surface area contributed by atoms with Crippen LogP contribution in [0.15, 0.2) is 36.4 Å². The number of urea groups is 1. The van der Waals surface area contributed by atoms with Gasteiger partial charge < -0.3 is 9.64 Å². The molecule has 2 aromatic carbocycles. The monoisotopic (exact) mass is 504 g/mol. The summed E-state index contributed by atoms with van der Waals surface area (Å²) in [6, 6.07) is 4.58. The van der Waals surface area contributed by atoms with Gasteiger partial charge in [0.2, 0.25) is 0 Å². The summed E-state index contributed by atoms with van der Waals surface area (Å²) in [4.78, 5) is 38.0. The van der Waals surface area contributed by atoms with Crippen LogP contribution in [0.4, 0.5) is 36.8 Å². The number of anilines is 1. The van der Waals surface area contributed by atoms with Crippen molar-refractivity contribution in [2.45, 2.75) is 12.7 Å². The fraction of sp³-hybridized carbons (Fsp3) is 0.286. The van der Waals surface area contributed by atoms with Crippen molar-refractivity contribution in [3.63, 3.8) is 0 Å². The SMILES string of the molecule is O=C(NNC(=O)C(F)(F)F)c1ccc(CN(C(=O)N2CCOCC2)c2ccc(F)cc2F)c(F)c1. The number of hydrogen-bond donors (Lipinski definition) is 2. The molecule has 0 unspecified atom stereocenters. The third kappa shape index (κ3) is 6.41. The minimum atomic E-state index is -5.24. The summed E-state index contributed by atoms with van der Waals surface area (Å²) < 4.78 is 84.5. The van der Waals surface area contributed by atoms with Gasteiger partial charge in [-0.05, 0) is 24.3 Å². The topological polar surface area (TPSA) is 91.0 Å². The molecule has 0 aromatic heterocycles. The number of nitrogens with one attached hydrogen (secondary N) is 2. The lowest BCUT2D eigenvalue weighted by atomic mass is 10.1. The number of hydrazine groups is 1. The molecule has 0 atom stereocenters. The summed E-state index contributed by atoms with van der Waals surface area (Å²) in [6.45, 7) is 0.313. The Hall–Kier alpha value is -3.81. The van der Waals surface area contributed by atoms with E-state index in [0.717, 1.165) is 34.6 Å². The van der Waals surface area contributed by atoms with Gasteiger partial charge in [-0.1, -0.05) is 6.07 Å². The third-order valence-corrected chi connectivity index (χ3v) is 4.90. The average Bonchev–Trinajstić information content (AvgIpc) is 2.81. The van der Waals surface area contributed by atoms with E-state index >= 15 is 0 Å². The Kier molecular flexibility index (Phi) is 7.84. The highest BCUT2D eigenvalue weighted by molar-refractivity contribution is 5.96. The first kappa shape index (κ1) is 25.8. The lowest BCUT2D eigenvalue weighted by Crippen LogP contribution is -2.48. The van der Waals surface area contributed by atoms with Gasteiger partial charge in [-0.2, -0.15) is 13.2 Å². The van der Waals surface area contributed by atoms with Crippen molar-refractivity contribution >= 4 is 23.5 Å². The Labute approximate surface area is 194 Å². The normalized spacial score (nSPS) is 13.8. The molecule has 3 rings (SSSR count). The molecule has 4 amide bonds. The van der Waals surface area contributed by atoms with Gasteiger partial charge in [0.15, 0.2) is 0 Å². The number of carbonyl (C=O) groups excluding carboxylic acids is 3. The van der Waals surface area contributed by atoms with E-state index in [0.29, 0.717) is 12.1 Å². The van der Waals surface area contributed by atoms with E-state index in [-0.39, 0.29) is 37.6 Å². The van der Waals surface area contributed by atoms with Gasteiger partial charge in [0.05, 0.1) is 25.4 Å². The molecule has 0 aliphatic carbocycles. The number of carbonyl (C=O) groups is 3. The molecule has 1 aliphatic rings. The highest BCUT2D eigenvalue weighted by Gasteiger charge is 2.39. The first-order valence-corrected chi connectivity index (χ1v) is 10.0. The zero-order chi connectivity index (χ0) is 25.8. The second kappa shape index (κ2) is 10.6. The van der Waals surface area contributed by atoms with Gasteiger partial charge in [-0.15, -0.1) is 0 Å². The van der Waals surface area contributed by atoms with Gasteiger partial charge in [-0.25, -0.2) is 18.0 Å². The second-order valence-corrected chi connectivity index (χ2v) is 7.28. The van der Waals surface area contributed by atoms with Crippen molar-refractivity contribution < 1.29 is 45.5 Å². The third-order valence-electron chi connectivity index (χ3n) is 4.90. The molecular formula is C21H18F6N4O4. The molecule has 0 saturated carbocycles. The fourth-order valence-corrected chi connectivity index (χ4v) is 3.13. The van der Waals surface area contributed by atoms with Crippen LogP contribution in [-0.2, 0) is 16.1 Å². The number of nitrogens with zero attached hydrogens (tertiary/aromatic N) is 2. The van der Waals surface area contributed by atoms with Crippen molar-refractivity contribution in [1.29, 1.82) is 0 Å². The lowest BCUT2D eigenvalue weighted by molar-refractivity contribution is -0.174. The quantitative estimate of drug-likeness (QED) is 0.495. The summed E-state index contributed by atoms with van der Waals surface area (Å²) in [5, 5.41) is 0. The Morgan fingerprint density at radius 2 is 1.63 bits per heavy atom. The van der Waals surface area contributed by atoms with Crippen LogP contribution < -0.4 is 15.8 Å². The van der Waals surface area contributed by atoms with Crippen molar-refractivity contribution in [1.82, 2.24) is 15.8 Å². The predicted molar refractivity (Wildman–Crippen MR) is 108 cm³/mol. The van der Waals surface area contributed by atoms with Gasteiger partial charge >= 0.3 is 18.1 Å². The Balaban J connectivity index is 1.82. The number of amides is 4. The minimum absolute atomic E-state index is 0.175. The number of ether oxygens (including phenoxy) is 1. The Bertz CT molecular complexity index is 1120. The number of morpholine rings is 1. The summed E-state index contributed by atoms with van der Waals surface area (Å²) >= 11 is 0. The fourth-order valence-electron chi connectivity index (χ4n) is 3.13. The first-order valence-electron chi connectivity index (χ1n) is 10.0. The molecule has 8 nitrogen and oxygen atoms in total. The molecule has 188 valence electrons. The number of rotatable bonds is 4. The summed E-state index contributed by atoms with van der Waals surface area (Å²) in [6.07, 6.45) is -5.24. The second-order valence-electron chi connectivity index (χ2n) is 7.28. The van der Waals surface area contributed by atoms with Crippen LogP contribution in [0.5, 0.6) is 0 Å². The van der Waals surface area contributed by atoms with Gasteiger partial charge in [0.1, 0.15) is 17.5 Å². The van der Waals surface area contributed by atoms with Gasteiger partial charge in [0, 0.05) is 30.3 Å². The van der Waals surface area contributed by atoms with Crippen LogP contribution in [0.3, 0.4) is 0 Å². The van der Waals surface area contributed by atoms with Crippen molar-refractivity contribution in [2.24, 2.45) is 0 Å². The molecule has 1 heterocycles. The van der Waals surface area contributed by atoms with Crippen molar-refractivity contribution in [2.75, 3.05) is 31.2 Å². The molecule has 14 heteroatoms. The maximum atomic E-state index is 14.8. The minimum Gasteiger partial charge on any atom is -0.378 e. The van der Waals surface area contributed by atoms with Crippen LogP contribution in [0.1, 0.15) is 15.9 Å². The molecule has 1 fully saturated rings. The summed E-state index contributed by atoms with van der Waals surface area (Å²) in [5.41, 5.74) is 1.71. The van der Waals surface area contributed by atoms with Crippen LogP contribution in [0.25, 0.3) is 0 Å². The largest absolute Gasteiger partial charge is 0.472 e. The van der Waals surface area contributed by atoms with Gasteiger partial charge in [-0.3, -0.25) is 25.3 Å². The van der Waals surface area contributed by atoms with Crippen LogP contribution in [0.2, 0.25) is 0 Å². The van der Waals surface area contributed by atoms with E-state index in [1.807, 2.05) is 0 Å². The number of hydrogen-bond acceptors (Lipinski definition) is 4. The predicted octanol–water partition coefficient (Wildman–Crippen LogP) is 2.89. The lowest BCUT2D eigenvalue weighted by Gasteiger charge is -2.33. The molecule has 0 radical (unpaired) electrons. The zero-order valence-corrected chi connectivity index (χ0v) is 17.8. The molecular weight excluding hydrogens is 486 g/mol. The maximum absolute atomic E-state index is 14.8. The number of halogens is 6. The van der Waals surface area contributed by atoms with Gasteiger partial charge in [0.25, 0.3) is 5.91 Å². The molecule has 1 aliphatic heterocycles. The highest BCUT2D eigenvalue weighted by Crippen LogP contribution is 2.25. The number of benzene rings is 2. The average molecular weight is 504 g/mol. The van der Waals surface area contributed by atoms with Crippen molar-refractivity contribution in [3.8, 4) is 0 Å². The van der Waals surface area contributed by atoms with E-state index in [9.17, 15) is 40.7 Å². The highest BCUT2D eigenvalue weighted by atomic mass is 19.4. The van der Waals surface area contributed by atoms with Crippen LogP contribution >= 0.6 is 0 Å². The molecule has 0 bridgehead atoms. The Morgan fingerprint density at radius 1 is 0.943 bits per heavy atom. The molecule has 0 spiro atoms. The zero-order valence-electron chi connectivity index (χ0n) is 17.8. The smallest absolute Gasteiger partial charge is 0.378 e. The van der Waals surface area contributed by atoms with Crippen LogP contribution in [0, 0.1) is 17.5 Å². The first-order chi connectivity index (χ1) is 16.5. The molecule has 35 heavy (non-hydrogen) atoms. The maximum Gasteiger partial charge on any atom is 0.472 e. The molecule has 1 saturated heterocycles. The van der Waals surface area contributed by atoms with E-state index in [1.165, 1.54) is 10.3 Å². The van der Waals surface area contributed by atoms with Crippen molar-refractivity contribution in [3.05, 3.63) is 65.0 Å². The number of alkyl halides is 3. The van der Waals surface area contributed by atoms with E-state index < -0.39 is 53.6 Å². The summed E-state index contributed by atoms with van der Waals surface area (Å²) in [7, 11) is 0. The van der Waals surface area contributed by atoms with E-state index in [4.69, 9.17) is 4.74 Å².